The van der Waals surface area contributed by atoms with E-state index in [1.807, 2.05) is 0 Å². The molecule has 0 heterocycles. The van der Waals surface area contributed by atoms with Gasteiger partial charge in [0.2, 0.25) is 0 Å². The molecule has 0 amide bonds. The maximum absolute atomic E-state index is 5.51. The average Bonchev–Trinajstić information content (AvgIpc) is 1.89. The predicted octanol–water partition coefficient (Wildman–Crippen LogP) is 3.20. The van der Waals surface area contributed by atoms with Gasteiger partial charge >= 0.3 is 23.1 Å². The topological polar surface area (TPSA) is 0 Å². The van der Waals surface area contributed by atoms with Gasteiger partial charge in [-0.1, -0.05) is 39.0 Å². The molecule has 0 radical (unpaired) electrons. The first-order valence-electron chi connectivity index (χ1n) is 3.97. The minimum absolute atomic E-state index is 0. The Bertz CT molecular complexity index is 42.5. The van der Waals surface area contributed by atoms with Crippen molar-refractivity contribution in [3.05, 3.63) is 0 Å². The summed E-state index contributed by atoms with van der Waals surface area (Å²) in [5.41, 5.74) is 0. The van der Waals surface area contributed by atoms with Gasteiger partial charge in [-0.2, -0.15) is 0 Å². The first-order chi connectivity index (χ1) is 4.41. The molecule has 0 aromatic carbocycles. The second kappa shape index (κ2) is 12.7. The van der Waals surface area contributed by atoms with Gasteiger partial charge in [0, 0.05) is 5.88 Å². The summed E-state index contributed by atoms with van der Waals surface area (Å²) < 4.78 is 0. The summed E-state index contributed by atoms with van der Waals surface area (Å²) >= 11 is 5.51. The largest absolute Gasteiger partial charge is 2.00 e. The van der Waals surface area contributed by atoms with Gasteiger partial charge in [0.05, 0.1) is 0 Å². The smallest absolute Gasteiger partial charge is 0.127 e. The van der Waals surface area contributed by atoms with Crippen LogP contribution in [0.3, 0.4) is 0 Å². The van der Waals surface area contributed by atoms with E-state index < -0.39 is 0 Å². The quantitative estimate of drug-likeness (QED) is 0.328. The van der Waals surface area contributed by atoms with E-state index in [1.54, 1.807) is 0 Å². The minimum Gasteiger partial charge on any atom is -0.127 e. The molecular weight excluding hydrogens is 156 g/mol. The summed E-state index contributed by atoms with van der Waals surface area (Å²) in [6.45, 7) is 2.24. The molecule has 0 saturated heterocycles. The number of hydrogen-bond donors (Lipinski definition) is 0. The van der Waals surface area contributed by atoms with Gasteiger partial charge in [-0.15, -0.1) is 11.6 Å². The zero-order valence-electron chi connectivity index (χ0n) is 7.03. The molecule has 0 N–H and O–H groups in total. The summed E-state index contributed by atoms with van der Waals surface area (Å²) in [5.74, 6) is 0.839. The van der Waals surface area contributed by atoms with Gasteiger partial charge in [-0.05, 0) is 6.42 Å². The van der Waals surface area contributed by atoms with Crippen molar-refractivity contribution in [2.45, 2.75) is 45.4 Å². The zero-order chi connectivity index (χ0) is 6.95. The molecular formula is C8H17ClMg+2. The summed E-state index contributed by atoms with van der Waals surface area (Å²) in [7, 11) is 0. The standard InChI is InChI=1S/C8H17Cl.Mg/c1-2-3-4-5-6-7-8-9;/h2-8H2,1H3;/q;+2. The minimum atomic E-state index is 0. The van der Waals surface area contributed by atoms with Crippen LogP contribution in [0, 0.1) is 0 Å². The molecule has 0 atom stereocenters. The molecule has 0 aliphatic rings. The Kier molecular flexibility index (Phi) is 17.3. The Hall–Kier alpha value is 1.06. The van der Waals surface area contributed by atoms with E-state index >= 15 is 0 Å². The molecule has 0 unspecified atom stereocenters. The number of halogens is 1. The number of rotatable bonds is 6. The Morgan fingerprint density at radius 3 is 1.90 bits per heavy atom. The van der Waals surface area contributed by atoms with Crippen LogP contribution in [-0.2, 0) is 0 Å². The van der Waals surface area contributed by atoms with Crippen LogP contribution in [0.25, 0.3) is 0 Å². The van der Waals surface area contributed by atoms with Gasteiger partial charge < -0.3 is 0 Å². The summed E-state index contributed by atoms with van der Waals surface area (Å²) in [6.07, 6.45) is 8.02. The van der Waals surface area contributed by atoms with E-state index in [-0.39, 0.29) is 23.1 Å². The maximum Gasteiger partial charge on any atom is 2.00 e. The molecule has 10 heavy (non-hydrogen) atoms. The van der Waals surface area contributed by atoms with Gasteiger partial charge in [-0.25, -0.2) is 0 Å². The van der Waals surface area contributed by atoms with Gasteiger partial charge in [-0.3, -0.25) is 0 Å². The number of hydrogen-bond acceptors (Lipinski definition) is 0. The van der Waals surface area contributed by atoms with Crippen LogP contribution in [0.5, 0.6) is 0 Å². The van der Waals surface area contributed by atoms with Crippen LogP contribution in [0.15, 0.2) is 0 Å². The molecule has 0 aromatic rings. The van der Waals surface area contributed by atoms with E-state index in [4.69, 9.17) is 11.6 Å². The van der Waals surface area contributed by atoms with E-state index in [1.165, 1.54) is 38.5 Å². The SMILES string of the molecule is CCCCCCCCCl.[Mg+2]. The monoisotopic (exact) mass is 172 g/mol. The third-order valence-corrected chi connectivity index (χ3v) is 1.75. The first kappa shape index (κ1) is 13.6. The van der Waals surface area contributed by atoms with Crippen molar-refractivity contribution in [3.63, 3.8) is 0 Å². The third-order valence-electron chi connectivity index (χ3n) is 1.49. The molecule has 56 valence electrons. The fourth-order valence-corrected chi connectivity index (χ4v) is 1.06. The van der Waals surface area contributed by atoms with Crippen molar-refractivity contribution in [1.29, 1.82) is 0 Å². The fraction of sp³-hybridized carbons (Fsp3) is 1.00. The van der Waals surface area contributed by atoms with E-state index in [0.717, 1.165) is 5.88 Å². The molecule has 0 fully saturated rings. The summed E-state index contributed by atoms with van der Waals surface area (Å²) in [4.78, 5) is 0. The van der Waals surface area contributed by atoms with Gasteiger partial charge in [0.25, 0.3) is 0 Å². The normalized spacial score (nSPS) is 9.00. The van der Waals surface area contributed by atoms with Crippen molar-refractivity contribution >= 4 is 34.7 Å². The van der Waals surface area contributed by atoms with Crippen molar-refractivity contribution < 1.29 is 0 Å². The molecule has 0 saturated carbocycles. The van der Waals surface area contributed by atoms with Crippen molar-refractivity contribution in [2.75, 3.05) is 5.88 Å². The molecule has 0 nitrogen and oxygen atoms in total. The van der Waals surface area contributed by atoms with E-state index in [0.29, 0.717) is 0 Å². The molecule has 2 heteroatoms. The molecule has 0 aliphatic heterocycles. The molecule has 0 aliphatic carbocycles. The van der Waals surface area contributed by atoms with E-state index in [2.05, 4.69) is 6.92 Å². The van der Waals surface area contributed by atoms with Crippen molar-refractivity contribution in [1.82, 2.24) is 0 Å². The van der Waals surface area contributed by atoms with Crippen LogP contribution in [0.1, 0.15) is 45.4 Å². The number of unbranched alkanes of at least 4 members (excludes halogenated alkanes) is 5. The Morgan fingerprint density at radius 1 is 0.900 bits per heavy atom. The van der Waals surface area contributed by atoms with Crippen molar-refractivity contribution in [2.24, 2.45) is 0 Å². The van der Waals surface area contributed by atoms with Crippen molar-refractivity contribution in [3.8, 4) is 0 Å². The number of alkyl halides is 1. The first-order valence-corrected chi connectivity index (χ1v) is 4.51. The van der Waals surface area contributed by atoms with Crippen LogP contribution < -0.4 is 0 Å². The Balaban J connectivity index is 0. The molecule has 0 aromatic heterocycles. The fourth-order valence-electron chi connectivity index (χ4n) is 0.875. The van der Waals surface area contributed by atoms with E-state index in [9.17, 15) is 0 Å². The molecule has 0 spiro atoms. The molecule has 0 bridgehead atoms. The van der Waals surface area contributed by atoms with Crippen LogP contribution in [-0.4, -0.2) is 28.9 Å². The average molecular weight is 173 g/mol. The summed E-state index contributed by atoms with van der Waals surface area (Å²) in [5, 5.41) is 0. The Morgan fingerprint density at radius 2 is 1.40 bits per heavy atom. The maximum atomic E-state index is 5.51. The van der Waals surface area contributed by atoms with Gasteiger partial charge in [0.15, 0.2) is 0 Å². The predicted molar refractivity (Wildman–Crippen MR) is 49.9 cm³/mol. The zero-order valence-corrected chi connectivity index (χ0v) is 9.20. The second-order valence-corrected chi connectivity index (χ2v) is 2.83. The van der Waals surface area contributed by atoms with Crippen LogP contribution in [0.4, 0.5) is 0 Å². The summed E-state index contributed by atoms with van der Waals surface area (Å²) in [6, 6.07) is 0. The second-order valence-electron chi connectivity index (χ2n) is 2.46. The van der Waals surface area contributed by atoms with Gasteiger partial charge in [0.1, 0.15) is 0 Å². The molecule has 0 rings (SSSR count). The van der Waals surface area contributed by atoms with Crippen LogP contribution >= 0.6 is 11.6 Å². The third kappa shape index (κ3) is 11.8. The van der Waals surface area contributed by atoms with Crippen LogP contribution in [0.2, 0.25) is 0 Å². The Labute approximate surface area is 85.9 Å².